The third-order valence-corrected chi connectivity index (χ3v) is 7.50. The van der Waals surface area contributed by atoms with Gasteiger partial charge in [-0.2, -0.15) is 9.78 Å². The molecule has 198 valence electrons. The average Bonchev–Trinajstić information content (AvgIpc) is 3.47. The van der Waals surface area contributed by atoms with Crippen molar-refractivity contribution in [3.05, 3.63) is 116 Å². The number of aromatic nitrogens is 3. The number of fused-ring (bicyclic) bond motifs is 2. The molecule has 8 nitrogen and oxygen atoms in total. The van der Waals surface area contributed by atoms with E-state index in [1.54, 1.807) is 43.5 Å². The summed E-state index contributed by atoms with van der Waals surface area (Å²) in [6.07, 6.45) is 1.62. The van der Waals surface area contributed by atoms with Gasteiger partial charge in [-0.3, -0.25) is 4.79 Å². The van der Waals surface area contributed by atoms with Crippen LogP contribution in [0.25, 0.3) is 39.1 Å². The van der Waals surface area contributed by atoms with E-state index in [0.29, 0.717) is 27.8 Å². The van der Waals surface area contributed by atoms with E-state index in [1.165, 1.54) is 4.68 Å². The summed E-state index contributed by atoms with van der Waals surface area (Å²) in [5.41, 5.74) is 5.09. The summed E-state index contributed by atoms with van der Waals surface area (Å²) in [5.74, 6) is -0.275. The number of hydrogen-bond donors (Lipinski definition) is 1. The Kier molecular flexibility index (Phi) is 6.23. The summed E-state index contributed by atoms with van der Waals surface area (Å²) in [5, 5.41) is 15.5. The molecule has 6 aromatic rings. The number of carboxylic acid groups (broad SMARTS) is 1. The molecule has 0 radical (unpaired) electrons. The lowest BCUT2D eigenvalue weighted by atomic mass is 10.1. The van der Waals surface area contributed by atoms with E-state index < -0.39 is 5.97 Å². The monoisotopic (exact) mass is 594 g/mol. The topological polar surface area (TPSA) is 103 Å². The lowest BCUT2D eigenvalue weighted by Crippen LogP contribution is -2.20. The highest BCUT2D eigenvalue weighted by atomic mass is 79.9. The maximum atomic E-state index is 13.6. The number of rotatable bonds is 5. The highest BCUT2D eigenvalue weighted by Crippen LogP contribution is 2.30. The van der Waals surface area contributed by atoms with Crippen molar-refractivity contribution in [2.75, 3.05) is 0 Å². The molecule has 3 heterocycles. The van der Waals surface area contributed by atoms with Crippen molar-refractivity contribution in [1.29, 1.82) is 0 Å². The second kappa shape index (κ2) is 9.77. The van der Waals surface area contributed by atoms with E-state index in [-0.39, 0.29) is 16.9 Å². The third-order valence-electron chi connectivity index (χ3n) is 7.01. The number of hydrogen-bond acceptors (Lipinski definition) is 5. The van der Waals surface area contributed by atoms with Gasteiger partial charge in [-0.05, 0) is 80.9 Å². The predicted molar refractivity (Wildman–Crippen MR) is 159 cm³/mol. The lowest BCUT2D eigenvalue weighted by Gasteiger charge is -2.14. The summed E-state index contributed by atoms with van der Waals surface area (Å²) >= 11 is 3.49. The minimum Gasteiger partial charge on any atom is -0.478 e. The van der Waals surface area contributed by atoms with E-state index in [0.717, 1.165) is 32.5 Å². The normalized spacial score (nSPS) is 11.7. The second-order valence-electron chi connectivity index (χ2n) is 9.52. The van der Waals surface area contributed by atoms with E-state index >= 15 is 0 Å². The molecule has 0 amide bonds. The van der Waals surface area contributed by atoms with Crippen molar-refractivity contribution < 1.29 is 14.3 Å². The van der Waals surface area contributed by atoms with Gasteiger partial charge >= 0.3 is 5.97 Å². The third kappa shape index (κ3) is 4.24. The number of halogens is 1. The maximum Gasteiger partial charge on any atom is 0.336 e. The van der Waals surface area contributed by atoms with Gasteiger partial charge in [0.1, 0.15) is 5.58 Å². The zero-order valence-electron chi connectivity index (χ0n) is 21.8. The Labute approximate surface area is 237 Å². The van der Waals surface area contributed by atoms with Crippen molar-refractivity contribution in [3.8, 4) is 17.3 Å². The molecule has 3 aromatic heterocycles. The molecule has 9 heteroatoms. The predicted octanol–water partition coefficient (Wildman–Crippen LogP) is 6.87. The Balaban J connectivity index is 1.51. The van der Waals surface area contributed by atoms with Crippen LogP contribution < -0.4 is 5.56 Å². The van der Waals surface area contributed by atoms with Crippen molar-refractivity contribution in [3.63, 3.8) is 0 Å². The molecule has 0 saturated carbocycles. The minimum absolute atomic E-state index is 0.247. The molecule has 40 heavy (non-hydrogen) atoms. The molecule has 1 N–H and O–H groups in total. The summed E-state index contributed by atoms with van der Waals surface area (Å²) in [4.78, 5) is 30.1. The van der Waals surface area contributed by atoms with Gasteiger partial charge in [-0.25, -0.2) is 9.78 Å². The molecule has 0 saturated heterocycles. The summed E-state index contributed by atoms with van der Waals surface area (Å²) in [6.45, 7) is 5.67. The molecule has 0 aliphatic heterocycles. The van der Waals surface area contributed by atoms with Crippen LogP contribution in [0.4, 0.5) is 0 Å². The highest BCUT2D eigenvalue weighted by Gasteiger charge is 2.18. The van der Waals surface area contributed by atoms with Crippen molar-refractivity contribution in [2.24, 2.45) is 5.10 Å². The smallest absolute Gasteiger partial charge is 0.336 e. The Morgan fingerprint density at radius 2 is 1.82 bits per heavy atom. The fourth-order valence-electron chi connectivity index (χ4n) is 5.02. The van der Waals surface area contributed by atoms with Gasteiger partial charge in [-0.15, -0.1) is 0 Å². The van der Waals surface area contributed by atoms with Crippen LogP contribution in [0, 0.1) is 20.8 Å². The van der Waals surface area contributed by atoms with E-state index in [2.05, 4.69) is 21.0 Å². The summed E-state index contributed by atoms with van der Waals surface area (Å²) < 4.78 is 10.2. The minimum atomic E-state index is -0.975. The van der Waals surface area contributed by atoms with Crippen LogP contribution in [0.2, 0.25) is 0 Å². The maximum absolute atomic E-state index is 13.6. The first-order valence-corrected chi connectivity index (χ1v) is 13.3. The molecular weight excluding hydrogens is 572 g/mol. The Morgan fingerprint density at radius 1 is 1.02 bits per heavy atom. The van der Waals surface area contributed by atoms with Crippen LogP contribution in [0.15, 0.2) is 91.6 Å². The Morgan fingerprint density at radius 3 is 2.62 bits per heavy atom. The quantitative estimate of drug-likeness (QED) is 0.219. The van der Waals surface area contributed by atoms with Gasteiger partial charge in [0, 0.05) is 32.5 Å². The number of aryl methyl sites for hydroxylation is 1. The van der Waals surface area contributed by atoms with Crippen LogP contribution >= 0.6 is 15.9 Å². The van der Waals surface area contributed by atoms with Gasteiger partial charge in [-0.1, -0.05) is 34.1 Å². The molecule has 3 aromatic carbocycles. The van der Waals surface area contributed by atoms with Crippen LogP contribution in [-0.4, -0.2) is 31.5 Å². The fraction of sp³-hybridized carbons (Fsp3) is 0.0968. The SMILES string of the molecule is Cc1c(C(=O)O)cccc1-n1c(C)cc(C=Nn2c(-c3cc4cc(Br)ccc4o3)nc3ccccc3c2=O)c1C. The van der Waals surface area contributed by atoms with Crippen LogP contribution in [0.1, 0.15) is 32.9 Å². The largest absolute Gasteiger partial charge is 0.478 e. The first kappa shape index (κ1) is 25.5. The molecule has 0 spiro atoms. The molecule has 0 aliphatic rings. The van der Waals surface area contributed by atoms with E-state index in [4.69, 9.17) is 9.40 Å². The number of nitrogens with zero attached hydrogens (tertiary/aromatic N) is 4. The van der Waals surface area contributed by atoms with Gasteiger partial charge in [0.05, 0.1) is 22.7 Å². The number of furan rings is 1. The van der Waals surface area contributed by atoms with Gasteiger partial charge in [0.25, 0.3) is 5.56 Å². The number of carboxylic acids is 1. The van der Waals surface area contributed by atoms with Gasteiger partial charge in [0.15, 0.2) is 5.76 Å². The standard InChI is InChI=1S/C31H23BrN4O4/c1-17-13-21(19(3)35(17)26-10-6-8-23(18(26)2)31(38)39)16-33-36-29(34-25-9-5-4-7-24(25)30(36)37)28-15-20-14-22(32)11-12-27(20)40-28/h4-16H,1-3H3,(H,38,39). The molecule has 6 rings (SSSR count). The summed E-state index contributed by atoms with van der Waals surface area (Å²) in [6, 6.07) is 21.8. The molecule has 0 aliphatic carbocycles. The highest BCUT2D eigenvalue weighted by molar-refractivity contribution is 9.10. The average molecular weight is 595 g/mol. The zero-order chi connectivity index (χ0) is 28.1. The fourth-order valence-corrected chi connectivity index (χ4v) is 5.40. The number of aromatic carboxylic acids is 1. The van der Waals surface area contributed by atoms with Crippen molar-refractivity contribution in [2.45, 2.75) is 20.8 Å². The Bertz CT molecular complexity index is 2070. The molecule has 0 fully saturated rings. The van der Waals surface area contributed by atoms with E-state index in [9.17, 15) is 14.7 Å². The number of carbonyl (C=O) groups is 1. The molecule has 0 atom stereocenters. The zero-order valence-corrected chi connectivity index (χ0v) is 23.4. The first-order valence-electron chi connectivity index (χ1n) is 12.5. The summed E-state index contributed by atoms with van der Waals surface area (Å²) in [7, 11) is 0. The van der Waals surface area contributed by atoms with Crippen LogP contribution in [-0.2, 0) is 0 Å². The first-order chi connectivity index (χ1) is 19.2. The number of para-hydroxylation sites is 1. The molecular formula is C31H23BrN4O4. The second-order valence-corrected chi connectivity index (χ2v) is 10.4. The van der Waals surface area contributed by atoms with Gasteiger partial charge in [0.2, 0.25) is 5.82 Å². The van der Waals surface area contributed by atoms with Crippen molar-refractivity contribution >= 4 is 50.0 Å². The molecule has 0 bridgehead atoms. The van der Waals surface area contributed by atoms with Crippen molar-refractivity contribution in [1.82, 2.24) is 14.2 Å². The number of benzene rings is 3. The van der Waals surface area contributed by atoms with Gasteiger partial charge < -0.3 is 14.1 Å². The Hall–Kier alpha value is -4.76. The lowest BCUT2D eigenvalue weighted by molar-refractivity contribution is 0.0696. The van der Waals surface area contributed by atoms with Crippen LogP contribution in [0.3, 0.4) is 0 Å². The van der Waals surface area contributed by atoms with E-state index in [1.807, 2.05) is 60.9 Å². The van der Waals surface area contributed by atoms with Crippen LogP contribution in [0.5, 0.6) is 0 Å². The molecule has 0 unspecified atom stereocenters.